The molecule has 1 aromatic carbocycles. The van der Waals surface area contributed by atoms with Crippen LogP contribution in [0.5, 0.6) is 0 Å². The van der Waals surface area contributed by atoms with Gasteiger partial charge in [0.15, 0.2) is 9.84 Å². The minimum atomic E-state index is -3.60. The van der Waals surface area contributed by atoms with E-state index in [1.165, 1.54) is 16.2 Å². The molecule has 2 amide bonds. The van der Waals surface area contributed by atoms with Crippen molar-refractivity contribution in [2.75, 3.05) is 18.8 Å². The van der Waals surface area contributed by atoms with E-state index in [4.69, 9.17) is 0 Å². The first-order valence-electron chi connectivity index (χ1n) is 9.25. The fourth-order valence-corrected chi connectivity index (χ4v) is 7.01. The van der Waals surface area contributed by atoms with Crippen molar-refractivity contribution in [2.45, 2.75) is 31.2 Å². The SMILES string of the molecule is Cc1ccc(C(=O)N2CCC3(CC2)N(Cc2ccccc2)C(=O)CS3(=O)=O)s1. The average molecular weight is 419 g/mol. The highest BCUT2D eigenvalue weighted by Crippen LogP contribution is 2.41. The second-order valence-corrected chi connectivity index (χ2v) is 10.9. The molecule has 3 heterocycles. The Balaban J connectivity index is 1.57. The van der Waals surface area contributed by atoms with Gasteiger partial charge >= 0.3 is 0 Å². The Labute approximate surface area is 168 Å². The van der Waals surface area contributed by atoms with Crippen molar-refractivity contribution in [1.82, 2.24) is 9.80 Å². The molecule has 2 fully saturated rings. The largest absolute Gasteiger partial charge is 0.338 e. The van der Waals surface area contributed by atoms with Crippen LogP contribution in [0.25, 0.3) is 0 Å². The van der Waals surface area contributed by atoms with Crippen molar-refractivity contribution in [3.05, 3.63) is 57.8 Å². The van der Waals surface area contributed by atoms with E-state index in [0.717, 1.165) is 10.4 Å². The lowest BCUT2D eigenvalue weighted by atomic mass is 10.0. The van der Waals surface area contributed by atoms with Crippen LogP contribution in [-0.4, -0.2) is 53.7 Å². The van der Waals surface area contributed by atoms with E-state index in [0.29, 0.717) is 18.0 Å². The summed E-state index contributed by atoms with van der Waals surface area (Å²) < 4.78 is 25.9. The summed E-state index contributed by atoms with van der Waals surface area (Å²) in [7, 11) is -3.60. The Kier molecular flexibility index (Phi) is 4.79. The zero-order valence-electron chi connectivity index (χ0n) is 15.6. The smallest absolute Gasteiger partial charge is 0.263 e. The summed E-state index contributed by atoms with van der Waals surface area (Å²) in [5.74, 6) is -0.862. The van der Waals surface area contributed by atoms with Crippen molar-refractivity contribution in [2.24, 2.45) is 0 Å². The third-order valence-electron chi connectivity index (χ3n) is 5.65. The monoisotopic (exact) mass is 418 g/mol. The highest BCUT2D eigenvalue weighted by Gasteiger charge is 2.58. The molecule has 1 spiro atoms. The number of aryl methyl sites for hydroxylation is 1. The number of likely N-dealkylation sites (tertiary alicyclic amines) is 1. The van der Waals surface area contributed by atoms with Gasteiger partial charge in [0, 0.05) is 37.4 Å². The van der Waals surface area contributed by atoms with Crippen molar-refractivity contribution in [1.29, 1.82) is 0 Å². The highest BCUT2D eigenvalue weighted by molar-refractivity contribution is 7.93. The van der Waals surface area contributed by atoms with E-state index < -0.39 is 20.5 Å². The van der Waals surface area contributed by atoms with Gasteiger partial charge in [-0.05, 0) is 24.6 Å². The Morgan fingerprint density at radius 1 is 1.11 bits per heavy atom. The molecular weight excluding hydrogens is 396 g/mol. The number of carbonyl (C=O) groups excluding carboxylic acids is 2. The molecule has 6 nitrogen and oxygen atoms in total. The Morgan fingerprint density at radius 2 is 1.79 bits per heavy atom. The number of piperidine rings is 1. The maximum atomic E-state index is 12.9. The molecule has 0 aliphatic carbocycles. The topological polar surface area (TPSA) is 74.8 Å². The van der Waals surface area contributed by atoms with Crippen molar-refractivity contribution >= 4 is 33.0 Å². The van der Waals surface area contributed by atoms with Crippen LogP contribution < -0.4 is 0 Å². The van der Waals surface area contributed by atoms with Crippen LogP contribution in [-0.2, 0) is 21.2 Å². The molecule has 2 saturated heterocycles. The van der Waals surface area contributed by atoms with Gasteiger partial charge in [-0.15, -0.1) is 11.3 Å². The number of rotatable bonds is 3. The van der Waals surface area contributed by atoms with Gasteiger partial charge < -0.3 is 9.80 Å². The van der Waals surface area contributed by atoms with Crippen LogP contribution in [0.3, 0.4) is 0 Å². The fraction of sp³-hybridized carbons (Fsp3) is 0.400. The van der Waals surface area contributed by atoms with Crippen LogP contribution in [0.1, 0.15) is 33.0 Å². The van der Waals surface area contributed by atoms with Crippen LogP contribution in [0.15, 0.2) is 42.5 Å². The summed E-state index contributed by atoms with van der Waals surface area (Å²) in [4.78, 5) is 29.0. The molecule has 4 rings (SSSR count). The third-order valence-corrected chi connectivity index (χ3v) is 9.05. The summed E-state index contributed by atoms with van der Waals surface area (Å²) in [5.41, 5.74) is 0.903. The van der Waals surface area contributed by atoms with Crippen LogP contribution in [0, 0.1) is 6.92 Å². The zero-order chi connectivity index (χ0) is 19.9. The number of amides is 2. The zero-order valence-corrected chi connectivity index (χ0v) is 17.3. The molecule has 2 aliphatic heterocycles. The molecule has 0 bridgehead atoms. The predicted octanol–water partition coefficient (Wildman–Crippen LogP) is 2.45. The molecule has 1 aromatic heterocycles. The van der Waals surface area contributed by atoms with Gasteiger partial charge in [0.05, 0.1) is 4.88 Å². The number of thiophene rings is 1. The lowest BCUT2D eigenvalue weighted by Crippen LogP contribution is -2.56. The summed E-state index contributed by atoms with van der Waals surface area (Å²) in [6.45, 7) is 2.88. The van der Waals surface area contributed by atoms with Gasteiger partial charge in [0.1, 0.15) is 10.6 Å². The van der Waals surface area contributed by atoms with E-state index in [2.05, 4.69) is 0 Å². The molecule has 8 heteroatoms. The summed E-state index contributed by atoms with van der Waals surface area (Å²) in [5, 5.41) is 0. The van der Waals surface area contributed by atoms with E-state index >= 15 is 0 Å². The van der Waals surface area contributed by atoms with Gasteiger partial charge in [-0.1, -0.05) is 30.3 Å². The summed E-state index contributed by atoms with van der Waals surface area (Å²) >= 11 is 1.44. The molecule has 2 aromatic rings. The van der Waals surface area contributed by atoms with Crippen molar-refractivity contribution in [3.8, 4) is 0 Å². The van der Waals surface area contributed by atoms with Crippen LogP contribution in [0.2, 0.25) is 0 Å². The number of hydrogen-bond acceptors (Lipinski definition) is 5. The second kappa shape index (κ2) is 7.00. The van der Waals surface area contributed by atoms with Gasteiger partial charge in [-0.25, -0.2) is 8.42 Å². The summed E-state index contributed by atoms with van der Waals surface area (Å²) in [6.07, 6.45) is 0.508. The van der Waals surface area contributed by atoms with Gasteiger partial charge in [-0.3, -0.25) is 9.59 Å². The number of carbonyl (C=O) groups is 2. The standard InChI is InChI=1S/C20H22N2O4S2/c1-15-7-8-17(27-15)19(24)21-11-9-20(10-12-21)22(18(23)14-28(20,25)26)13-16-5-3-2-4-6-16/h2-8H,9-14H2,1H3. The highest BCUT2D eigenvalue weighted by atomic mass is 32.2. The van der Waals surface area contributed by atoms with E-state index in [1.807, 2.05) is 49.4 Å². The second-order valence-electron chi connectivity index (χ2n) is 7.37. The van der Waals surface area contributed by atoms with Gasteiger partial charge in [0.25, 0.3) is 5.91 Å². The maximum Gasteiger partial charge on any atom is 0.263 e. The molecule has 2 aliphatic rings. The third kappa shape index (κ3) is 3.14. The van der Waals surface area contributed by atoms with Gasteiger partial charge in [0.2, 0.25) is 5.91 Å². The number of nitrogens with zero attached hydrogens (tertiary/aromatic N) is 2. The van der Waals surface area contributed by atoms with Crippen LogP contribution >= 0.6 is 11.3 Å². The van der Waals surface area contributed by atoms with Crippen LogP contribution in [0.4, 0.5) is 0 Å². The number of sulfone groups is 1. The molecule has 0 saturated carbocycles. The summed E-state index contributed by atoms with van der Waals surface area (Å²) in [6, 6.07) is 13.1. The van der Waals surface area contributed by atoms with Crippen molar-refractivity contribution in [3.63, 3.8) is 0 Å². The molecule has 0 unspecified atom stereocenters. The number of hydrogen-bond donors (Lipinski definition) is 0. The Morgan fingerprint density at radius 3 is 2.39 bits per heavy atom. The molecule has 0 atom stereocenters. The van der Waals surface area contributed by atoms with E-state index in [9.17, 15) is 18.0 Å². The first-order chi connectivity index (χ1) is 13.3. The molecule has 28 heavy (non-hydrogen) atoms. The maximum absolute atomic E-state index is 12.9. The average Bonchev–Trinajstić information content (AvgIpc) is 3.18. The minimum absolute atomic E-state index is 0.0655. The first kappa shape index (κ1) is 19.1. The molecule has 0 radical (unpaired) electrons. The van der Waals surface area contributed by atoms with Crippen molar-refractivity contribution < 1.29 is 18.0 Å². The number of benzene rings is 1. The first-order valence-corrected chi connectivity index (χ1v) is 11.7. The fourth-order valence-electron chi connectivity index (χ4n) is 4.11. The quantitative estimate of drug-likeness (QED) is 0.767. The molecule has 148 valence electrons. The molecule has 0 N–H and O–H groups in total. The normalized spacial score (nSPS) is 20.7. The van der Waals surface area contributed by atoms with E-state index in [1.54, 1.807) is 4.90 Å². The lowest BCUT2D eigenvalue weighted by molar-refractivity contribution is -0.131. The Bertz CT molecular complexity index is 1010. The van der Waals surface area contributed by atoms with Gasteiger partial charge in [-0.2, -0.15) is 0 Å². The minimum Gasteiger partial charge on any atom is -0.338 e. The molecular formula is C20H22N2O4S2. The Hall–Kier alpha value is -2.19. The lowest BCUT2D eigenvalue weighted by Gasteiger charge is -2.43. The van der Waals surface area contributed by atoms with E-state index in [-0.39, 0.29) is 31.2 Å². The predicted molar refractivity (Wildman–Crippen MR) is 108 cm³/mol.